The average Bonchev–Trinajstić information content (AvgIpc) is 2.71. The number of hydrogen-bond donors (Lipinski definition) is 3. The van der Waals surface area contributed by atoms with E-state index >= 15 is 0 Å². The topological polar surface area (TPSA) is 39.3 Å². The van der Waals surface area contributed by atoms with Gasteiger partial charge in [0.15, 0.2) is 0 Å². The molecule has 3 aromatic carbocycles. The van der Waals surface area contributed by atoms with Gasteiger partial charge in [-0.1, -0.05) is 0 Å². The van der Waals surface area contributed by atoms with Gasteiger partial charge in [0.25, 0.3) is 0 Å². The SMILES string of the molecule is CC(C)Nc1ccc(N(c2ccc(NC(C)C)cc2)c2ccc(NC(C)C)cc2)cc1. The normalized spacial score (nSPS) is 11.1. The first kappa shape index (κ1) is 22.5. The van der Waals surface area contributed by atoms with E-state index in [2.05, 4.69) is 135 Å². The molecule has 0 heterocycles. The van der Waals surface area contributed by atoms with Crippen molar-refractivity contribution < 1.29 is 0 Å². The molecule has 0 aliphatic heterocycles. The number of nitrogens with zero attached hydrogens (tertiary/aromatic N) is 1. The maximum Gasteiger partial charge on any atom is 0.0463 e. The van der Waals surface area contributed by atoms with Crippen LogP contribution in [0, 0.1) is 0 Å². The Labute approximate surface area is 187 Å². The summed E-state index contributed by atoms with van der Waals surface area (Å²) < 4.78 is 0. The fourth-order valence-corrected chi connectivity index (χ4v) is 3.57. The highest BCUT2D eigenvalue weighted by molar-refractivity contribution is 5.78. The molecule has 31 heavy (non-hydrogen) atoms. The van der Waals surface area contributed by atoms with E-state index in [1.165, 1.54) is 0 Å². The van der Waals surface area contributed by atoms with E-state index < -0.39 is 0 Å². The van der Waals surface area contributed by atoms with Crippen LogP contribution in [0.5, 0.6) is 0 Å². The zero-order valence-electron chi connectivity index (χ0n) is 19.6. The van der Waals surface area contributed by atoms with Gasteiger partial charge in [0.2, 0.25) is 0 Å². The number of anilines is 6. The Hall–Kier alpha value is -3.14. The van der Waals surface area contributed by atoms with Crippen molar-refractivity contribution in [1.29, 1.82) is 0 Å². The summed E-state index contributed by atoms with van der Waals surface area (Å²) in [5.74, 6) is 0. The molecule has 0 amide bonds. The van der Waals surface area contributed by atoms with Crippen LogP contribution in [0.2, 0.25) is 0 Å². The third-order valence-electron chi connectivity index (χ3n) is 4.74. The molecule has 0 radical (unpaired) electrons. The molecule has 0 saturated carbocycles. The van der Waals surface area contributed by atoms with E-state index in [4.69, 9.17) is 0 Å². The van der Waals surface area contributed by atoms with E-state index in [0.29, 0.717) is 18.1 Å². The Morgan fingerprint density at radius 1 is 0.419 bits per heavy atom. The first-order valence-corrected chi connectivity index (χ1v) is 11.2. The lowest BCUT2D eigenvalue weighted by atomic mass is 10.1. The minimum absolute atomic E-state index is 0.406. The number of rotatable bonds is 9. The standard InChI is InChI=1S/C27H36N4/c1-19(2)28-22-7-13-25(14-8-22)31(26-15-9-23(10-16-26)29-20(3)4)27-17-11-24(12-18-27)30-21(5)6/h7-21,28-30H,1-6H3. The van der Waals surface area contributed by atoms with Crippen LogP contribution in [0.25, 0.3) is 0 Å². The van der Waals surface area contributed by atoms with Gasteiger partial charge in [0.05, 0.1) is 0 Å². The molecular weight excluding hydrogens is 380 g/mol. The van der Waals surface area contributed by atoms with Crippen molar-refractivity contribution in [2.45, 2.75) is 59.7 Å². The second kappa shape index (κ2) is 10.3. The van der Waals surface area contributed by atoms with Crippen molar-refractivity contribution in [2.75, 3.05) is 20.9 Å². The maximum atomic E-state index is 3.47. The molecule has 4 heteroatoms. The Morgan fingerprint density at radius 3 is 0.839 bits per heavy atom. The van der Waals surface area contributed by atoms with E-state index in [9.17, 15) is 0 Å². The summed E-state index contributed by atoms with van der Waals surface area (Å²) >= 11 is 0. The van der Waals surface area contributed by atoms with Crippen molar-refractivity contribution in [1.82, 2.24) is 0 Å². The highest BCUT2D eigenvalue weighted by Gasteiger charge is 2.13. The molecule has 3 rings (SSSR count). The highest BCUT2D eigenvalue weighted by Crippen LogP contribution is 2.36. The fraction of sp³-hybridized carbons (Fsp3) is 0.333. The summed E-state index contributed by atoms with van der Waals surface area (Å²) in [4.78, 5) is 2.29. The first-order valence-electron chi connectivity index (χ1n) is 11.2. The van der Waals surface area contributed by atoms with Crippen LogP contribution >= 0.6 is 0 Å². The van der Waals surface area contributed by atoms with Gasteiger partial charge in [-0.15, -0.1) is 0 Å². The van der Waals surface area contributed by atoms with E-state index in [1.54, 1.807) is 0 Å². The van der Waals surface area contributed by atoms with Gasteiger partial charge in [0.1, 0.15) is 0 Å². The van der Waals surface area contributed by atoms with Gasteiger partial charge < -0.3 is 20.9 Å². The van der Waals surface area contributed by atoms with Crippen molar-refractivity contribution in [2.24, 2.45) is 0 Å². The van der Waals surface area contributed by atoms with Crippen molar-refractivity contribution >= 4 is 34.1 Å². The lowest BCUT2D eigenvalue weighted by Crippen LogP contribution is -2.13. The van der Waals surface area contributed by atoms with Gasteiger partial charge >= 0.3 is 0 Å². The van der Waals surface area contributed by atoms with Crippen LogP contribution in [0.1, 0.15) is 41.5 Å². The van der Waals surface area contributed by atoms with Gasteiger partial charge in [0, 0.05) is 52.2 Å². The second-order valence-electron chi connectivity index (χ2n) is 8.87. The molecule has 0 saturated heterocycles. The first-order chi connectivity index (χ1) is 14.8. The van der Waals surface area contributed by atoms with Crippen LogP contribution in [0.15, 0.2) is 72.8 Å². The number of nitrogens with one attached hydrogen (secondary N) is 3. The van der Waals surface area contributed by atoms with Crippen LogP contribution < -0.4 is 20.9 Å². The zero-order valence-corrected chi connectivity index (χ0v) is 19.6. The Balaban J connectivity index is 1.95. The Kier molecular flexibility index (Phi) is 7.45. The van der Waals surface area contributed by atoms with Gasteiger partial charge in [-0.25, -0.2) is 0 Å². The number of hydrogen-bond acceptors (Lipinski definition) is 4. The van der Waals surface area contributed by atoms with Crippen LogP contribution in [-0.2, 0) is 0 Å². The van der Waals surface area contributed by atoms with Gasteiger partial charge in [-0.2, -0.15) is 0 Å². The molecule has 0 bridgehead atoms. The van der Waals surface area contributed by atoms with Crippen molar-refractivity contribution in [3.8, 4) is 0 Å². The van der Waals surface area contributed by atoms with Crippen LogP contribution in [0.4, 0.5) is 34.1 Å². The quantitative estimate of drug-likeness (QED) is 0.335. The molecule has 0 aliphatic carbocycles. The summed E-state index contributed by atoms with van der Waals surface area (Å²) in [6, 6.07) is 27.1. The molecular formula is C27H36N4. The molecule has 0 aromatic heterocycles. The van der Waals surface area contributed by atoms with Crippen molar-refractivity contribution in [3.05, 3.63) is 72.8 Å². The molecule has 0 spiro atoms. The number of benzene rings is 3. The second-order valence-corrected chi connectivity index (χ2v) is 8.87. The predicted molar refractivity (Wildman–Crippen MR) is 137 cm³/mol. The smallest absolute Gasteiger partial charge is 0.0463 e. The van der Waals surface area contributed by atoms with Crippen LogP contribution in [-0.4, -0.2) is 18.1 Å². The minimum atomic E-state index is 0.406. The molecule has 3 aromatic rings. The molecule has 0 fully saturated rings. The maximum absolute atomic E-state index is 3.47. The summed E-state index contributed by atoms with van der Waals surface area (Å²) in [7, 11) is 0. The van der Waals surface area contributed by atoms with Crippen molar-refractivity contribution in [3.63, 3.8) is 0 Å². The summed E-state index contributed by atoms with van der Waals surface area (Å²) in [5.41, 5.74) is 6.78. The molecule has 0 unspecified atom stereocenters. The van der Waals surface area contributed by atoms with Gasteiger partial charge in [-0.3, -0.25) is 0 Å². The molecule has 4 nitrogen and oxygen atoms in total. The third kappa shape index (κ3) is 6.42. The fourth-order valence-electron chi connectivity index (χ4n) is 3.57. The molecule has 164 valence electrons. The van der Waals surface area contributed by atoms with E-state index in [1.807, 2.05) is 0 Å². The highest BCUT2D eigenvalue weighted by atomic mass is 15.1. The molecule has 3 N–H and O–H groups in total. The predicted octanol–water partition coefficient (Wildman–Crippen LogP) is 7.62. The van der Waals surface area contributed by atoms with E-state index in [-0.39, 0.29) is 0 Å². The van der Waals surface area contributed by atoms with Gasteiger partial charge in [-0.05, 0) is 114 Å². The zero-order chi connectivity index (χ0) is 22.4. The summed E-state index contributed by atoms with van der Waals surface area (Å²) in [6.45, 7) is 12.9. The minimum Gasteiger partial charge on any atom is -0.383 e. The Bertz CT molecular complexity index is 799. The Morgan fingerprint density at radius 2 is 0.645 bits per heavy atom. The largest absolute Gasteiger partial charge is 0.383 e. The lowest BCUT2D eigenvalue weighted by Gasteiger charge is -2.26. The average molecular weight is 417 g/mol. The lowest BCUT2D eigenvalue weighted by molar-refractivity contribution is 0.900. The van der Waals surface area contributed by atoms with Crippen LogP contribution in [0.3, 0.4) is 0 Å². The molecule has 0 atom stereocenters. The molecule has 0 aliphatic rings. The summed E-state index contributed by atoms with van der Waals surface area (Å²) in [5, 5.41) is 10.4. The third-order valence-corrected chi connectivity index (χ3v) is 4.74. The summed E-state index contributed by atoms with van der Waals surface area (Å²) in [6.07, 6.45) is 0. The van der Waals surface area contributed by atoms with E-state index in [0.717, 1.165) is 34.1 Å². The monoisotopic (exact) mass is 416 g/mol.